The molecule has 1 amide bonds. The van der Waals surface area contributed by atoms with Gasteiger partial charge in [0.1, 0.15) is 9.88 Å². The zero-order valence-electron chi connectivity index (χ0n) is 13.2. The van der Waals surface area contributed by atoms with Crippen LogP contribution in [0.5, 0.6) is 0 Å². The number of carboxylic acid groups (broad SMARTS) is 1. The Bertz CT molecular complexity index is 786. The summed E-state index contributed by atoms with van der Waals surface area (Å²) in [4.78, 5) is 27.9. The fourth-order valence-corrected chi connectivity index (χ4v) is 3.30. The number of thiazole rings is 1. The van der Waals surface area contributed by atoms with Gasteiger partial charge in [0, 0.05) is 0 Å². The molecule has 0 saturated carbocycles. The summed E-state index contributed by atoms with van der Waals surface area (Å²) in [5.74, 6) is -1.32. The molecular weight excluding hydrogens is 336 g/mol. The number of aromatic carboxylic acids is 1. The number of carbonyl (C=O) groups excluding carboxylic acids is 1. The van der Waals surface area contributed by atoms with Crippen molar-refractivity contribution in [3.63, 3.8) is 0 Å². The molecule has 1 aromatic heterocycles. The van der Waals surface area contributed by atoms with E-state index >= 15 is 0 Å². The van der Waals surface area contributed by atoms with Crippen molar-refractivity contribution >= 4 is 34.8 Å². The van der Waals surface area contributed by atoms with Gasteiger partial charge in [0.2, 0.25) is 0 Å². The third-order valence-corrected chi connectivity index (χ3v) is 5.19. The Morgan fingerprint density at radius 2 is 1.87 bits per heavy atom. The van der Waals surface area contributed by atoms with Crippen molar-refractivity contribution in [2.75, 3.05) is 0 Å². The number of hydrogen-bond acceptors (Lipinski definition) is 4. The number of benzene rings is 1. The maximum absolute atomic E-state index is 12.4. The van der Waals surface area contributed by atoms with Gasteiger partial charge in [-0.25, -0.2) is 9.78 Å². The predicted molar refractivity (Wildman–Crippen MR) is 90.6 cm³/mol. The minimum atomic E-state index is -1.01. The summed E-state index contributed by atoms with van der Waals surface area (Å²) < 4.78 is 0. The second kappa shape index (κ2) is 6.68. The van der Waals surface area contributed by atoms with E-state index in [0.29, 0.717) is 21.3 Å². The van der Waals surface area contributed by atoms with Gasteiger partial charge in [-0.3, -0.25) is 4.79 Å². The Morgan fingerprint density at radius 3 is 2.43 bits per heavy atom. The molecule has 23 heavy (non-hydrogen) atoms. The van der Waals surface area contributed by atoms with Crippen molar-refractivity contribution in [2.24, 2.45) is 0 Å². The van der Waals surface area contributed by atoms with Crippen LogP contribution in [0.15, 0.2) is 12.1 Å². The Labute approximate surface area is 143 Å². The number of hydrogen-bond donors (Lipinski definition) is 2. The first-order valence-electron chi connectivity index (χ1n) is 6.99. The number of halogens is 1. The summed E-state index contributed by atoms with van der Waals surface area (Å²) in [6.45, 7) is 7.24. The van der Waals surface area contributed by atoms with Crippen LogP contribution < -0.4 is 5.32 Å². The lowest BCUT2D eigenvalue weighted by molar-refractivity contribution is 0.0701. The molecule has 0 radical (unpaired) electrons. The molecule has 2 aromatic rings. The third kappa shape index (κ3) is 3.71. The van der Waals surface area contributed by atoms with Gasteiger partial charge in [0.05, 0.1) is 22.3 Å². The Morgan fingerprint density at radius 1 is 1.26 bits per heavy atom. The minimum absolute atomic E-state index is 0.185. The average Bonchev–Trinajstić information content (AvgIpc) is 2.85. The zero-order valence-corrected chi connectivity index (χ0v) is 14.8. The number of aryl methyl sites for hydroxylation is 3. The molecule has 1 atom stereocenters. The maximum Gasteiger partial charge on any atom is 0.347 e. The van der Waals surface area contributed by atoms with Crippen LogP contribution in [0.1, 0.15) is 54.8 Å². The third-order valence-electron chi connectivity index (χ3n) is 3.55. The molecule has 0 bridgehead atoms. The van der Waals surface area contributed by atoms with E-state index < -0.39 is 12.0 Å². The highest BCUT2D eigenvalue weighted by atomic mass is 35.5. The number of rotatable bonds is 4. The molecule has 0 saturated heterocycles. The van der Waals surface area contributed by atoms with E-state index in [9.17, 15) is 9.59 Å². The first-order valence-corrected chi connectivity index (χ1v) is 8.18. The molecule has 122 valence electrons. The Balaban J connectivity index is 2.22. The molecule has 1 unspecified atom stereocenters. The SMILES string of the molecule is Cc1cc(Cl)c(C(=O)NC(C)c2nc(C)c(C(=O)O)s2)cc1C. The molecule has 1 aromatic carbocycles. The molecular formula is C16H17ClN2O3S. The molecule has 0 aliphatic rings. The van der Waals surface area contributed by atoms with Gasteiger partial charge in [0.15, 0.2) is 0 Å². The van der Waals surface area contributed by atoms with Gasteiger partial charge in [-0.05, 0) is 51.0 Å². The number of nitrogens with zero attached hydrogens (tertiary/aromatic N) is 1. The average molecular weight is 353 g/mol. The minimum Gasteiger partial charge on any atom is -0.477 e. The summed E-state index contributed by atoms with van der Waals surface area (Å²) in [6, 6.07) is 3.10. The second-order valence-corrected chi connectivity index (χ2v) is 6.82. The van der Waals surface area contributed by atoms with Crippen molar-refractivity contribution in [3.8, 4) is 0 Å². The van der Waals surface area contributed by atoms with Crippen molar-refractivity contribution in [2.45, 2.75) is 33.7 Å². The van der Waals surface area contributed by atoms with E-state index in [1.54, 1.807) is 26.0 Å². The van der Waals surface area contributed by atoms with E-state index in [0.717, 1.165) is 22.5 Å². The summed E-state index contributed by atoms with van der Waals surface area (Å²) in [5.41, 5.74) is 2.84. The monoisotopic (exact) mass is 352 g/mol. The van der Waals surface area contributed by atoms with Gasteiger partial charge in [-0.1, -0.05) is 11.6 Å². The zero-order chi connectivity index (χ0) is 17.3. The van der Waals surface area contributed by atoms with Crippen molar-refractivity contribution < 1.29 is 14.7 Å². The second-order valence-electron chi connectivity index (χ2n) is 5.38. The maximum atomic E-state index is 12.4. The molecule has 5 nitrogen and oxygen atoms in total. The fourth-order valence-electron chi connectivity index (χ4n) is 2.09. The lowest BCUT2D eigenvalue weighted by Gasteiger charge is -2.13. The van der Waals surface area contributed by atoms with Crippen LogP contribution in [-0.4, -0.2) is 22.0 Å². The number of aromatic nitrogens is 1. The highest BCUT2D eigenvalue weighted by molar-refractivity contribution is 7.13. The quantitative estimate of drug-likeness (QED) is 0.874. The van der Waals surface area contributed by atoms with E-state index in [-0.39, 0.29) is 10.8 Å². The lowest BCUT2D eigenvalue weighted by atomic mass is 10.1. The highest BCUT2D eigenvalue weighted by Crippen LogP contribution is 2.25. The van der Waals surface area contributed by atoms with Gasteiger partial charge in [0.25, 0.3) is 5.91 Å². The topological polar surface area (TPSA) is 79.3 Å². The fraction of sp³-hybridized carbons (Fsp3) is 0.312. The first kappa shape index (κ1) is 17.4. The van der Waals surface area contributed by atoms with Crippen molar-refractivity contribution in [3.05, 3.63) is 49.4 Å². The van der Waals surface area contributed by atoms with Gasteiger partial charge < -0.3 is 10.4 Å². The number of amides is 1. The van der Waals surface area contributed by atoms with Gasteiger partial charge >= 0.3 is 5.97 Å². The predicted octanol–water partition coefficient (Wildman–Crippen LogP) is 3.91. The first-order chi connectivity index (χ1) is 10.7. The van der Waals surface area contributed by atoms with Crippen LogP contribution in [0.3, 0.4) is 0 Å². The molecule has 2 N–H and O–H groups in total. The van der Waals surface area contributed by atoms with Crippen LogP contribution in [0.25, 0.3) is 0 Å². The number of nitrogens with one attached hydrogen (secondary N) is 1. The summed E-state index contributed by atoms with van der Waals surface area (Å²) >= 11 is 7.21. The van der Waals surface area contributed by atoms with E-state index in [2.05, 4.69) is 10.3 Å². The highest BCUT2D eigenvalue weighted by Gasteiger charge is 2.20. The van der Waals surface area contributed by atoms with Crippen molar-refractivity contribution in [1.29, 1.82) is 0 Å². The summed E-state index contributed by atoms with van der Waals surface area (Å²) in [7, 11) is 0. The molecule has 0 fully saturated rings. The molecule has 1 heterocycles. The van der Waals surface area contributed by atoms with Crippen LogP contribution >= 0.6 is 22.9 Å². The Hall–Kier alpha value is -1.92. The summed E-state index contributed by atoms with van der Waals surface area (Å²) in [5, 5.41) is 12.8. The number of carbonyl (C=O) groups is 2. The molecule has 7 heteroatoms. The van der Waals surface area contributed by atoms with Crippen LogP contribution in [-0.2, 0) is 0 Å². The van der Waals surface area contributed by atoms with E-state index in [1.807, 2.05) is 13.8 Å². The Kier molecular flexibility index (Phi) is 5.06. The molecule has 0 aliphatic carbocycles. The molecule has 0 aliphatic heterocycles. The molecule has 2 rings (SSSR count). The standard InChI is InChI=1S/C16H17ClN2O3S/c1-7-5-11(12(17)6-8(7)2)14(20)18-10(4)15-19-9(3)13(23-15)16(21)22/h5-6,10H,1-4H3,(H,18,20)(H,21,22). The smallest absolute Gasteiger partial charge is 0.347 e. The van der Waals surface area contributed by atoms with E-state index in [1.165, 1.54) is 0 Å². The van der Waals surface area contributed by atoms with E-state index in [4.69, 9.17) is 16.7 Å². The van der Waals surface area contributed by atoms with Crippen LogP contribution in [0.4, 0.5) is 0 Å². The van der Waals surface area contributed by atoms with Gasteiger partial charge in [-0.2, -0.15) is 0 Å². The van der Waals surface area contributed by atoms with Crippen molar-refractivity contribution in [1.82, 2.24) is 10.3 Å². The normalized spacial score (nSPS) is 12.0. The molecule has 0 spiro atoms. The van der Waals surface area contributed by atoms with Crippen LogP contribution in [0, 0.1) is 20.8 Å². The largest absolute Gasteiger partial charge is 0.477 e. The summed E-state index contributed by atoms with van der Waals surface area (Å²) in [6.07, 6.45) is 0. The van der Waals surface area contributed by atoms with Crippen LogP contribution in [0.2, 0.25) is 5.02 Å². The number of carboxylic acids is 1. The van der Waals surface area contributed by atoms with Gasteiger partial charge in [-0.15, -0.1) is 11.3 Å². The lowest BCUT2D eigenvalue weighted by Crippen LogP contribution is -2.27.